The second-order valence-electron chi connectivity index (χ2n) is 9.32. The van der Waals surface area contributed by atoms with E-state index in [1.807, 2.05) is 20.8 Å². The van der Waals surface area contributed by atoms with Crippen LogP contribution in [0.15, 0.2) is 41.3 Å². The summed E-state index contributed by atoms with van der Waals surface area (Å²) < 4.78 is 40.0. The molecule has 2 aromatic carbocycles. The first kappa shape index (κ1) is 21.2. The minimum absolute atomic E-state index is 0.0770. The zero-order valence-corrected chi connectivity index (χ0v) is 18.2. The highest BCUT2D eigenvalue weighted by Gasteiger charge is 2.58. The van der Waals surface area contributed by atoms with E-state index in [1.165, 1.54) is 12.1 Å². The number of hydrogen-bond acceptors (Lipinski definition) is 4. The fraction of sp³-hybridized carbons (Fsp3) is 0.458. The van der Waals surface area contributed by atoms with Crippen LogP contribution >= 0.6 is 12.6 Å². The van der Waals surface area contributed by atoms with E-state index in [0.29, 0.717) is 23.0 Å². The van der Waals surface area contributed by atoms with E-state index in [9.17, 15) is 13.6 Å². The molecule has 2 aliphatic rings. The first-order chi connectivity index (χ1) is 14.1. The number of rotatable bonds is 5. The lowest BCUT2D eigenvalue weighted by Gasteiger charge is -2.23. The minimum Gasteiger partial charge on any atom is -0.487 e. The summed E-state index contributed by atoms with van der Waals surface area (Å²) in [5.41, 5.74) is 0.679. The third-order valence-corrected chi connectivity index (χ3v) is 6.28. The summed E-state index contributed by atoms with van der Waals surface area (Å²) in [5, 5.41) is 0. The maximum Gasteiger partial charge on any atom is 0.309 e. The molecule has 2 aliphatic carbocycles. The van der Waals surface area contributed by atoms with Gasteiger partial charge in [-0.25, -0.2) is 8.78 Å². The zero-order chi connectivity index (χ0) is 21.6. The Labute approximate surface area is 181 Å². The number of halogens is 2. The Bertz CT molecular complexity index is 917. The molecule has 0 amide bonds. The third-order valence-electron chi connectivity index (χ3n) is 5.98. The molecule has 0 bridgehead atoms. The monoisotopic (exact) mass is 432 g/mol. The number of carbonyl (C=O) groups is 1. The molecule has 0 N–H and O–H groups in total. The highest BCUT2D eigenvalue weighted by atomic mass is 32.1. The van der Waals surface area contributed by atoms with Gasteiger partial charge in [0.15, 0.2) is 17.4 Å². The van der Waals surface area contributed by atoms with Crippen LogP contribution < -0.4 is 4.74 Å². The molecule has 3 nitrogen and oxygen atoms in total. The van der Waals surface area contributed by atoms with Crippen LogP contribution in [-0.2, 0) is 9.53 Å². The standard InChI is InChI=1S/C24H26F2O3S/c1-24(2,3)29-23(27)15-8-17-18(9-15)19(17)12-28-22-20(25)10-14(11-21(22)26)13-4-6-16(30)7-5-13/h4-7,10-11,15,17-19,30H,8-9,12H2,1-3H3/t15?,17-,18?,19?/m0/s1. The number of thiol groups is 1. The molecule has 2 fully saturated rings. The second-order valence-corrected chi connectivity index (χ2v) is 9.84. The van der Waals surface area contributed by atoms with Crippen molar-refractivity contribution in [3.8, 4) is 16.9 Å². The van der Waals surface area contributed by atoms with Crippen molar-refractivity contribution in [3.63, 3.8) is 0 Å². The predicted octanol–water partition coefficient (Wildman–Crippen LogP) is 5.91. The van der Waals surface area contributed by atoms with Gasteiger partial charge in [-0.1, -0.05) is 12.1 Å². The number of carbonyl (C=O) groups excluding carboxylic acids is 1. The fourth-order valence-corrected chi connectivity index (χ4v) is 4.65. The summed E-state index contributed by atoms with van der Waals surface area (Å²) >= 11 is 4.22. The number of hydrogen-bond donors (Lipinski definition) is 1. The van der Waals surface area contributed by atoms with Crippen molar-refractivity contribution < 1.29 is 23.0 Å². The molecule has 30 heavy (non-hydrogen) atoms. The van der Waals surface area contributed by atoms with E-state index >= 15 is 0 Å². The van der Waals surface area contributed by atoms with Crippen molar-refractivity contribution >= 4 is 18.6 Å². The summed E-state index contributed by atoms with van der Waals surface area (Å²) in [7, 11) is 0. The predicted molar refractivity (Wildman–Crippen MR) is 114 cm³/mol. The highest BCUT2D eigenvalue weighted by Crippen LogP contribution is 2.60. The summed E-state index contributed by atoms with van der Waals surface area (Å²) in [6.45, 7) is 5.85. The molecule has 0 spiro atoms. The van der Waals surface area contributed by atoms with Crippen LogP contribution in [0, 0.1) is 35.3 Å². The average Bonchev–Trinajstić information content (AvgIpc) is 3.09. The van der Waals surface area contributed by atoms with E-state index in [2.05, 4.69) is 12.6 Å². The molecule has 0 heterocycles. The first-order valence-electron chi connectivity index (χ1n) is 10.3. The van der Waals surface area contributed by atoms with Crippen LogP contribution in [-0.4, -0.2) is 18.2 Å². The van der Waals surface area contributed by atoms with Gasteiger partial charge in [0.05, 0.1) is 12.5 Å². The van der Waals surface area contributed by atoms with Crippen LogP contribution in [0.4, 0.5) is 8.78 Å². The van der Waals surface area contributed by atoms with Crippen molar-refractivity contribution in [1.29, 1.82) is 0 Å². The normalized spacial score (nSPS) is 25.0. The first-order valence-corrected chi connectivity index (χ1v) is 10.7. The van der Waals surface area contributed by atoms with Crippen molar-refractivity contribution in [2.45, 2.75) is 44.1 Å². The number of esters is 1. The van der Waals surface area contributed by atoms with E-state index in [0.717, 1.165) is 17.7 Å². The maximum absolute atomic E-state index is 14.5. The topological polar surface area (TPSA) is 35.5 Å². The fourth-order valence-electron chi connectivity index (χ4n) is 4.50. The van der Waals surface area contributed by atoms with Gasteiger partial charge >= 0.3 is 5.97 Å². The van der Waals surface area contributed by atoms with Crippen molar-refractivity contribution in [1.82, 2.24) is 0 Å². The van der Waals surface area contributed by atoms with Crippen LogP contribution in [0.2, 0.25) is 0 Å². The Balaban J connectivity index is 1.34. The van der Waals surface area contributed by atoms with Gasteiger partial charge in [-0.2, -0.15) is 0 Å². The Kier molecular flexibility index (Phi) is 5.56. The Hall–Kier alpha value is -2.08. The summed E-state index contributed by atoms with van der Waals surface area (Å²) in [6.07, 6.45) is 1.53. The van der Waals surface area contributed by atoms with E-state index in [4.69, 9.17) is 9.47 Å². The lowest BCUT2D eigenvalue weighted by Crippen LogP contribution is -2.28. The van der Waals surface area contributed by atoms with Gasteiger partial charge in [0.25, 0.3) is 0 Å². The second kappa shape index (κ2) is 7.88. The number of fused-ring (bicyclic) bond motifs is 1. The smallest absolute Gasteiger partial charge is 0.309 e. The van der Waals surface area contributed by atoms with Gasteiger partial charge in [0.2, 0.25) is 0 Å². The minimum atomic E-state index is -0.711. The number of benzene rings is 2. The third kappa shape index (κ3) is 4.48. The Morgan fingerprint density at radius 3 is 2.13 bits per heavy atom. The summed E-state index contributed by atoms with van der Waals surface area (Å²) in [6, 6.07) is 9.66. The summed E-state index contributed by atoms with van der Waals surface area (Å²) in [4.78, 5) is 13.0. The molecule has 0 aromatic heterocycles. The number of ether oxygens (including phenoxy) is 2. The molecule has 4 rings (SSSR count). The van der Waals surface area contributed by atoms with Crippen molar-refractivity contribution in [2.75, 3.05) is 6.61 Å². The van der Waals surface area contributed by atoms with Gasteiger partial charge in [0, 0.05) is 4.90 Å². The van der Waals surface area contributed by atoms with Crippen LogP contribution in [0.25, 0.3) is 11.1 Å². The maximum atomic E-state index is 14.5. The molecular weight excluding hydrogens is 406 g/mol. The summed E-state index contributed by atoms with van der Waals surface area (Å²) in [5.74, 6) is -1.00. The molecule has 0 radical (unpaired) electrons. The van der Waals surface area contributed by atoms with Gasteiger partial charge in [-0.15, -0.1) is 12.6 Å². The van der Waals surface area contributed by atoms with Crippen LogP contribution in [0.1, 0.15) is 33.6 Å². The molecule has 3 unspecified atom stereocenters. The molecule has 160 valence electrons. The van der Waals surface area contributed by atoms with Crippen molar-refractivity contribution in [2.24, 2.45) is 23.7 Å². The molecule has 2 saturated carbocycles. The van der Waals surface area contributed by atoms with E-state index in [1.54, 1.807) is 24.3 Å². The molecule has 4 atom stereocenters. The molecule has 0 aliphatic heterocycles. The average molecular weight is 433 g/mol. The quantitative estimate of drug-likeness (QED) is 0.471. The van der Waals surface area contributed by atoms with Gasteiger partial charge < -0.3 is 9.47 Å². The lowest BCUT2D eigenvalue weighted by molar-refractivity contribution is -0.160. The van der Waals surface area contributed by atoms with Gasteiger partial charge in [-0.05, 0) is 86.8 Å². The van der Waals surface area contributed by atoms with Crippen LogP contribution in [0.3, 0.4) is 0 Å². The molecule has 2 aromatic rings. The lowest BCUT2D eigenvalue weighted by atomic mass is 10.00. The van der Waals surface area contributed by atoms with E-state index in [-0.39, 0.29) is 30.2 Å². The molecule has 6 heteroatoms. The van der Waals surface area contributed by atoms with Crippen molar-refractivity contribution in [3.05, 3.63) is 48.0 Å². The van der Waals surface area contributed by atoms with Gasteiger partial charge in [0.1, 0.15) is 5.60 Å². The molecule has 0 saturated heterocycles. The largest absolute Gasteiger partial charge is 0.487 e. The van der Waals surface area contributed by atoms with Crippen LogP contribution in [0.5, 0.6) is 5.75 Å². The highest BCUT2D eigenvalue weighted by molar-refractivity contribution is 7.80. The van der Waals surface area contributed by atoms with E-state index < -0.39 is 17.2 Å². The Morgan fingerprint density at radius 1 is 1.03 bits per heavy atom. The molecular formula is C24H26F2O3S. The van der Waals surface area contributed by atoms with Gasteiger partial charge in [-0.3, -0.25) is 4.79 Å². The Morgan fingerprint density at radius 2 is 1.60 bits per heavy atom. The zero-order valence-electron chi connectivity index (χ0n) is 17.3. The SMILES string of the molecule is CC(C)(C)OC(=O)C1CC2C(COc3c(F)cc(-c4ccc(S)cc4)cc3F)[C@H]2C1.